The molecule has 3 atom stereocenters. The summed E-state index contributed by atoms with van der Waals surface area (Å²) in [6.45, 7) is 4.88. The Balaban J connectivity index is 1.65. The van der Waals surface area contributed by atoms with Crippen LogP contribution < -0.4 is 5.32 Å². The predicted octanol–water partition coefficient (Wildman–Crippen LogP) is 2.96. The lowest BCUT2D eigenvalue weighted by molar-refractivity contribution is 0.239. The van der Waals surface area contributed by atoms with Gasteiger partial charge in [0.05, 0.1) is 0 Å². The van der Waals surface area contributed by atoms with Gasteiger partial charge in [-0.15, -0.1) is 0 Å². The summed E-state index contributed by atoms with van der Waals surface area (Å²) in [5, 5.41) is 3.54. The maximum Gasteiger partial charge on any atom is -0.00177 e. The van der Waals surface area contributed by atoms with E-state index in [4.69, 9.17) is 0 Å². The molecule has 86 valence electrons. The van der Waals surface area contributed by atoms with Crippen LogP contribution in [0.2, 0.25) is 0 Å². The van der Waals surface area contributed by atoms with E-state index >= 15 is 0 Å². The fourth-order valence-corrected chi connectivity index (χ4v) is 3.31. The maximum absolute atomic E-state index is 3.54. The molecule has 1 saturated heterocycles. The van der Waals surface area contributed by atoms with Crippen LogP contribution in [0.3, 0.4) is 0 Å². The van der Waals surface area contributed by atoms with Gasteiger partial charge in [0.25, 0.3) is 0 Å². The minimum Gasteiger partial charge on any atom is -0.316 e. The molecule has 0 radical (unpaired) electrons. The van der Waals surface area contributed by atoms with Gasteiger partial charge in [0.2, 0.25) is 0 Å². The highest BCUT2D eigenvalue weighted by molar-refractivity contribution is 5.39. The van der Waals surface area contributed by atoms with Crippen molar-refractivity contribution in [3.05, 3.63) is 35.4 Å². The smallest absolute Gasteiger partial charge is 0.00177 e. The normalized spacial score (nSPS) is 32.9. The van der Waals surface area contributed by atoms with E-state index in [2.05, 4.69) is 36.5 Å². The Hall–Kier alpha value is -0.820. The van der Waals surface area contributed by atoms with Crippen molar-refractivity contribution in [2.45, 2.75) is 32.1 Å². The Bertz CT molecular complexity index is 371. The summed E-state index contributed by atoms with van der Waals surface area (Å²) < 4.78 is 0. The Morgan fingerprint density at radius 1 is 1.31 bits per heavy atom. The van der Waals surface area contributed by atoms with E-state index in [0.717, 1.165) is 17.8 Å². The number of piperidine rings is 1. The molecule has 1 heteroatoms. The Morgan fingerprint density at radius 3 is 3.00 bits per heavy atom. The Morgan fingerprint density at radius 2 is 2.19 bits per heavy atom. The number of nitrogens with one attached hydrogen (secondary N) is 1. The van der Waals surface area contributed by atoms with Crippen molar-refractivity contribution in [2.24, 2.45) is 11.8 Å². The second-order valence-corrected chi connectivity index (χ2v) is 5.57. The summed E-state index contributed by atoms with van der Waals surface area (Å²) >= 11 is 0. The van der Waals surface area contributed by atoms with Gasteiger partial charge in [-0.25, -0.2) is 0 Å². The zero-order chi connectivity index (χ0) is 11.0. The lowest BCUT2D eigenvalue weighted by Crippen LogP contribution is -2.37. The van der Waals surface area contributed by atoms with Gasteiger partial charge in [-0.3, -0.25) is 0 Å². The van der Waals surface area contributed by atoms with E-state index in [9.17, 15) is 0 Å². The van der Waals surface area contributed by atoms with E-state index in [1.54, 1.807) is 11.1 Å². The second-order valence-electron chi connectivity index (χ2n) is 5.57. The first-order chi connectivity index (χ1) is 7.84. The van der Waals surface area contributed by atoms with Gasteiger partial charge in [0.1, 0.15) is 0 Å². The lowest BCUT2D eigenvalue weighted by Gasteiger charge is -2.37. The average Bonchev–Trinajstić information content (AvgIpc) is 2.28. The minimum absolute atomic E-state index is 0.851. The SMILES string of the molecule is CC1CCNCC1CC1Cc2ccccc21. The molecule has 1 fully saturated rings. The van der Waals surface area contributed by atoms with Crippen LogP contribution >= 0.6 is 0 Å². The van der Waals surface area contributed by atoms with E-state index in [1.807, 2.05) is 0 Å². The van der Waals surface area contributed by atoms with E-state index in [1.165, 1.54) is 32.4 Å². The average molecular weight is 215 g/mol. The third-order valence-electron chi connectivity index (χ3n) is 4.54. The zero-order valence-corrected chi connectivity index (χ0v) is 10.1. The molecule has 1 aliphatic carbocycles. The van der Waals surface area contributed by atoms with Crippen molar-refractivity contribution in [1.82, 2.24) is 5.32 Å². The van der Waals surface area contributed by atoms with Crippen LogP contribution in [0.1, 0.15) is 36.8 Å². The van der Waals surface area contributed by atoms with Crippen molar-refractivity contribution in [3.8, 4) is 0 Å². The Labute approximate surface area is 98.3 Å². The van der Waals surface area contributed by atoms with Crippen LogP contribution in [0.5, 0.6) is 0 Å². The molecule has 0 aromatic heterocycles. The van der Waals surface area contributed by atoms with Crippen LogP contribution in [0, 0.1) is 11.8 Å². The number of hydrogen-bond donors (Lipinski definition) is 1. The molecule has 0 saturated carbocycles. The fourth-order valence-electron chi connectivity index (χ4n) is 3.31. The molecule has 3 rings (SSSR count). The summed E-state index contributed by atoms with van der Waals surface area (Å²) in [5.41, 5.74) is 3.21. The van der Waals surface area contributed by atoms with Crippen LogP contribution in [0.25, 0.3) is 0 Å². The second kappa shape index (κ2) is 4.21. The molecule has 1 aromatic carbocycles. The molecule has 1 aromatic rings. The molecule has 0 spiro atoms. The van der Waals surface area contributed by atoms with E-state index in [-0.39, 0.29) is 0 Å². The first kappa shape index (κ1) is 10.3. The zero-order valence-electron chi connectivity index (χ0n) is 10.1. The number of fused-ring (bicyclic) bond motifs is 1. The maximum atomic E-state index is 3.54. The standard InChI is InChI=1S/C15H21N/c1-11-6-7-16-10-14(11)9-13-8-12-4-2-3-5-15(12)13/h2-5,11,13-14,16H,6-10H2,1H3. The lowest BCUT2D eigenvalue weighted by atomic mass is 9.70. The largest absolute Gasteiger partial charge is 0.316 e. The monoisotopic (exact) mass is 215 g/mol. The molecular formula is C15H21N. The van der Waals surface area contributed by atoms with Gasteiger partial charge in [-0.1, -0.05) is 31.2 Å². The molecule has 1 nitrogen and oxygen atoms in total. The fraction of sp³-hybridized carbons (Fsp3) is 0.600. The third kappa shape index (κ3) is 1.78. The summed E-state index contributed by atoms with van der Waals surface area (Å²) in [7, 11) is 0. The molecule has 3 unspecified atom stereocenters. The van der Waals surface area contributed by atoms with Gasteiger partial charge >= 0.3 is 0 Å². The molecule has 0 bridgehead atoms. The third-order valence-corrected chi connectivity index (χ3v) is 4.54. The number of hydrogen-bond acceptors (Lipinski definition) is 1. The highest BCUT2D eigenvalue weighted by atomic mass is 14.9. The molecular weight excluding hydrogens is 194 g/mol. The molecule has 1 N–H and O–H groups in total. The van der Waals surface area contributed by atoms with Gasteiger partial charge in [-0.2, -0.15) is 0 Å². The summed E-state index contributed by atoms with van der Waals surface area (Å²) in [4.78, 5) is 0. The summed E-state index contributed by atoms with van der Waals surface area (Å²) in [6, 6.07) is 8.96. The van der Waals surface area contributed by atoms with Crippen molar-refractivity contribution >= 4 is 0 Å². The predicted molar refractivity (Wildman–Crippen MR) is 67.6 cm³/mol. The van der Waals surface area contributed by atoms with Crippen LogP contribution in [0.15, 0.2) is 24.3 Å². The van der Waals surface area contributed by atoms with Gasteiger partial charge in [-0.05, 0) is 61.2 Å². The number of benzene rings is 1. The molecule has 16 heavy (non-hydrogen) atoms. The van der Waals surface area contributed by atoms with Crippen LogP contribution in [0.4, 0.5) is 0 Å². The first-order valence-corrected chi connectivity index (χ1v) is 6.63. The molecule has 0 amide bonds. The molecule has 1 aliphatic heterocycles. The van der Waals surface area contributed by atoms with Crippen molar-refractivity contribution in [3.63, 3.8) is 0 Å². The molecule has 2 aliphatic rings. The summed E-state index contributed by atoms with van der Waals surface area (Å²) in [6.07, 6.45) is 4.07. The van der Waals surface area contributed by atoms with Crippen LogP contribution in [-0.4, -0.2) is 13.1 Å². The van der Waals surface area contributed by atoms with Crippen molar-refractivity contribution in [1.29, 1.82) is 0 Å². The highest BCUT2D eigenvalue weighted by Gasteiger charge is 2.30. The number of rotatable bonds is 2. The van der Waals surface area contributed by atoms with Crippen molar-refractivity contribution in [2.75, 3.05) is 13.1 Å². The van der Waals surface area contributed by atoms with E-state index < -0.39 is 0 Å². The van der Waals surface area contributed by atoms with Crippen molar-refractivity contribution < 1.29 is 0 Å². The van der Waals surface area contributed by atoms with E-state index in [0.29, 0.717) is 0 Å². The molecule has 1 heterocycles. The van der Waals surface area contributed by atoms with Gasteiger partial charge < -0.3 is 5.32 Å². The summed E-state index contributed by atoms with van der Waals surface area (Å²) in [5.74, 6) is 2.66. The van der Waals surface area contributed by atoms with Gasteiger partial charge in [0, 0.05) is 0 Å². The van der Waals surface area contributed by atoms with Crippen LogP contribution in [-0.2, 0) is 6.42 Å². The first-order valence-electron chi connectivity index (χ1n) is 6.63. The van der Waals surface area contributed by atoms with Gasteiger partial charge in [0.15, 0.2) is 0 Å². The highest BCUT2D eigenvalue weighted by Crippen LogP contribution is 2.41. The topological polar surface area (TPSA) is 12.0 Å². The Kier molecular flexibility index (Phi) is 2.72. The minimum atomic E-state index is 0.851. The quantitative estimate of drug-likeness (QED) is 0.800.